The van der Waals surface area contributed by atoms with E-state index in [4.69, 9.17) is 4.74 Å². The van der Waals surface area contributed by atoms with Crippen LogP contribution in [-0.2, 0) is 11.2 Å². The lowest BCUT2D eigenvalue weighted by molar-refractivity contribution is -0.131. The molecular formula is C17H22N2O2. The number of H-pyrrole nitrogens is 1. The molecule has 1 aromatic carbocycles. The Bertz CT molecular complexity index is 631. The third kappa shape index (κ3) is 3.95. The predicted octanol–water partition coefficient (Wildman–Crippen LogP) is 3.14. The van der Waals surface area contributed by atoms with Crippen LogP contribution < -0.4 is 4.74 Å². The summed E-state index contributed by atoms with van der Waals surface area (Å²) in [6.07, 6.45) is 4.91. The minimum Gasteiger partial charge on any atom is -0.427 e. The normalized spacial score (nSPS) is 11.0. The summed E-state index contributed by atoms with van der Waals surface area (Å²) in [5, 5.41) is 1.11. The van der Waals surface area contributed by atoms with Crippen molar-refractivity contribution in [3.05, 3.63) is 42.6 Å². The number of carbonyl (C=O) groups excluding carboxylic acids is 1. The van der Waals surface area contributed by atoms with Gasteiger partial charge >= 0.3 is 5.97 Å². The van der Waals surface area contributed by atoms with Crippen molar-refractivity contribution >= 4 is 16.9 Å². The van der Waals surface area contributed by atoms with E-state index in [-0.39, 0.29) is 5.97 Å². The lowest BCUT2D eigenvalue weighted by Gasteiger charge is -2.17. The summed E-state index contributed by atoms with van der Waals surface area (Å²) >= 11 is 0. The third-order valence-corrected chi connectivity index (χ3v) is 3.53. The van der Waals surface area contributed by atoms with Gasteiger partial charge in [0.15, 0.2) is 0 Å². The van der Waals surface area contributed by atoms with Crippen LogP contribution in [0.3, 0.4) is 0 Å². The number of hydrogen-bond donors (Lipinski definition) is 1. The lowest BCUT2D eigenvalue weighted by atomic mass is 10.1. The molecule has 0 bridgehead atoms. The highest BCUT2D eigenvalue weighted by Gasteiger charge is 2.08. The van der Waals surface area contributed by atoms with E-state index in [1.54, 1.807) is 6.07 Å². The van der Waals surface area contributed by atoms with Gasteiger partial charge in [-0.25, -0.2) is 0 Å². The number of ether oxygens (including phenoxy) is 1. The molecule has 0 aliphatic heterocycles. The molecule has 21 heavy (non-hydrogen) atoms. The smallest absolute Gasteiger partial charge is 0.308 e. The number of rotatable bonds is 7. The maximum Gasteiger partial charge on any atom is 0.308 e. The third-order valence-electron chi connectivity index (χ3n) is 3.53. The van der Waals surface area contributed by atoms with Crippen molar-refractivity contribution in [2.45, 2.75) is 20.3 Å². The number of fused-ring (bicyclic) bond motifs is 1. The Balaban J connectivity index is 2.15. The lowest BCUT2D eigenvalue weighted by Crippen LogP contribution is -2.25. The quantitative estimate of drug-likeness (QED) is 0.483. The molecule has 1 N–H and O–H groups in total. The van der Waals surface area contributed by atoms with Gasteiger partial charge < -0.3 is 9.72 Å². The summed E-state index contributed by atoms with van der Waals surface area (Å²) in [6, 6.07) is 5.67. The van der Waals surface area contributed by atoms with Gasteiger partial charge in [0, 0.05) is 37.1 Å². The Kier molecular flexibility index (Phi) is 5.17. The second kappa shape index (κ2) is 7.09. The van der Waals surface area contributed by atoms with Crippen molar-refractivity contribution in [1.82, 2.24) is 9.88 Å². The van der Waals surface area contributed by atoms with Gasteiger partial charge in [0.1, 0.15) is 5.75 Å². The van der Waals surface area contributed by atoms with Crippen molar-refractivity contribution < 1.29 is 9.53 Å². The maximum absolute atomic E-state index is 11.1. The number of aromatic amines is 1. The van der Waals surface area contributed by atoms with Gasteiger partial charge in [-0.05, 0) is 36.7 Å². The molecular weight excluding hydrogens is 264 g/mol. The Hall–Kier alpha value is -2.07. The number of nitrogens with zero attached hydrogens (tertiary/aromatic N) is 1. The molecule has 1 aromatic heterocycles. The Morgan fingerprint density at radius 3 is 2.95 bits per heavy atom. The van der Waals surface area contributed by atoms with Gasteiger partial charge in [-0.15, -0.1) is 6.58 Å². The SMILES string of the molecule is C=CCN(CC)CCc1c[nH]c2ccc(OC(C)=O)cc12. The first-order chi connectivity index (χ1) is 10.1. The van der Waals surface area contributed by atoms with Crippen LogP contribution in [0.15, 0.2) is 37.1 Å². The molecule has 1 heterocycles. The van der Waals surface area contributed by atoms with Gasteiger partial charge in [-0.2, -0.15) is 0 Å². The van der Waals surface area contributed by atoms with Crippen molar-refractivity contribution in [2.24, 2.45) is 0 Å². The van der Waals surface area contributed by atoms with E-state index in [9.17, 15) is 4.79 Å². The summed E-state index contributed by atoms with van der Waals surface area (Å²) in [4.78, 5) is 16.7. The summed E-state index contributed by atoms with van der Waals surface area (Å²) in [7, 11) is 0. The van der Waals surface area contributed by atoms with Gasteiger partial charge in [0.25, 0.3) is 0 Å². The number of benzene rings is 1. The van der Waals surface area contributed by atoms with Crippen LogP contribution in [0.5, 0.6) is 5.75 Å². The zero-order chi connectivity index (χ0) is 15.2. The first kappa shape index (κ1) is 15.3. The molecule has 0 atom stereocenters. The minimum absolute atomic E-state index is 0.297. The van der Waals surface area contributed by atoms with E-state index >= 15 is 0 Å². The van der Waals surface area contributed by atoms with Crippen molar-refractivity contribution in [3.8, 4) is 5.75 Å². The van der Waals surface area contributed by atoms with E-state index in [0.29, 0.717) is 5.75 Å². The van der Waals surface area contributed by atoms with E-state index in [1.165, 1.54) is 12.5 Å². The Morgan fingerprint density at radius 1 is 1.48 bits per heavy atom. The number of likely N-dealkylation sites (N-methyl/N-ethyl adjacent to an activating group) is 1. The molecule has 0 aliphatic rings. The molecule has 0 saturated heterocycles. The molecule has 0 radical (unpaired) electrons. The topological polar surface area (TPSA) is 45.3 Å². The molecule has 0 saturated carbocycles. The molecule has 0 fully saturated rings. The predicted molar refractivity (Wildman–Crippen MR) is 85.6 cm³/mol. The van der Waals surface area contributed by atoms with E-state index in [2.05, 4.69) is 23.4 Å². The number of carbonyl (C=O) groups is 1. The van der Waals surface area contributed by atoms with Crippen molar-refractivity contribution in [2.75, 3.05) is 19.6 Å². The number of nitrogens with one attached hydrogen (secondary N) is 1. The molecule has 112 valence electrons. The van der Waals surface area contributed by atoms with Crippen LogP contribution in [-0.4, -0.2) is 35.5 Å². The highest BCUT2D eigenvalue weighted by Crippen LogP contribution is 2.24. The molecule has 0 amide bonds. The molecule has 2 aromatic rings. The van der Waals surface area contributed by atoms with E-state index in [1.807, 2.05) is 24.4 Å². The summed E-state index contributed by atoms with van der Waals surface area (Å²) < 4.78 is 5.16. The molecule has 0 unspecified atom stereocenters. The fourth-order valence-electron chi connectivity index (χ4n) is 2.43. The summed E-state index contributed by atoms with van der Waals surface area (Å²) in [5.41, 5.74) is 2.30. The van der Waals surface area contributed by atoms with Crippen molar-refractivity contribution in [3.63, 3.8) is 0 Å². The van der Waals surface area contributed by atoms with Crippen LogP contribution in [0.4, 0.5) is 0 Å². The molecule has 0 aliphatic carbocycles. The number of hydrogen-bond acceptors (Lipinski definition) is 3. The van der Waals surface area contributed by atoms with Crippen LogP contribution in [0.1, 0.15) is 19.4 Å². The maximum atomic E-state index is 11.1. The first-order valence-electron chi connectivity index (χ1n) is 7.25. The summed E-state index contributed by atoms with van der Waals surface area (Å²) in [6.45, 7) is 10.2. The zero-order valence-electron chi connectivity index (χ0n) is 12.7. The van der Waals surface area contributed by atoms with Crippen LogP contribution in [0, 0.1) is 0 Å². The molecule has 4 heteroatoms. The molecule has 2 rings (SSSR count). The van der Waals surface area contributed by atoms with Gasteiger partial charge in [0.05, 0.1) is 0 Å². The summed E-state index contributed by atoms with van der Waals surface area (Å²) in [5.74, 6) is 0.295. The van der Waals surface area contributed by atoms with Crippen LogP contribution >= 0.6 is 0 Å². The molecule has 4 nitrogen and oxygen atoms in total. The highest BCUT2D eigenvalue weighted by atomic mass is 16.5. The largest absolute Gasteiger partial charge is 0.427 e. The fraction of sp³-hybridized carbons (Fsp3) is 0.353. The van der Waals surface area contributed by atoms with Gasteiger partial charge in [0.2, 0.25) is 0 Å². The number of aromatic nitrogens is 1. The second-order valence-electron chi connectivity index (χ2n) is 5.05. The molecule has 0 spiro atoms. The van der Waals surface area contributed by atoms with Gasteiger partial charge in [-0.3, -0.25) is 9.69 Å². The van der Waals surface area contributed by atoms with E-state index in [0.717, 1.165) is 37.0 Å². The van der Waals surface area contributed by atoms with Crippen LogP contribution in [0.2, 0.25) is 0 Å². The average Bonchev–Trinajstić information content (AvgIpc) is 2.85. The van der Waals surface area contributed by atoms with E-state index < -0.39 is 0 Å². The fourth-order valence-corrected chi connectivity index (χ4v) is 2.43. The van der Waals surface area contributed by atoms with Crippen LogP contribution in [0.25, 0.3) is 10.9 Å². The standard InChI is InChI=1S/C17H22N2O2/c1-4-9-19(5-2)10-8-14-12-18-17-7-6-15(11-16(14)17)21-13(3)20/h4,6-7,11-12,18H,1,5,8-10H2,2-3H3. The minimum atomic E-state index is -0.297. The average molecular weight is 286 g/mol. The highest BCUT2D eigenvalue weighted by molar-refractivity contribution is 5.85. The van der Waals surface area contributed by atoms with Crippen molar-refractivity contribution in [1.29, 1.82) is 0 Å². The first-order valence-corrected chi connectivity index (χ1v) is 7.25. The Labute approximate surface area is 125 Å². The number of esters is 1. The Morgan fingerprint density at radius 2 is 2.29 bits per heavy atom. The monoisotopic (exact) mass is 286 g/mol. The second-order valence-corrected chi connectivity index (χ2v) is 5.05. The van der Waals surface area contributed by atoms with Gasteiger partial charge in [-0.1, -0.05) is 13.0 Å². The zero-order valence-corrected chi connectivity index (χ0v) is 12.7.